The topological polar surface area (TPSA) is 43.6 Å². The van der Waals surface area contributed by atoms with E-state index >= 15 is 0 Å². The molecule has 0 atom stereocenters. The molecule has 5 rings (SSSR count). The lowest BCUT2D eigenvalue weighted by Gasteiger charge is -2.13. The fourth-order valence-electron chi connectivity index (χ4n) is 4.02. The van der Waals surface area contributed by atoms with Crippen molar-refractivity contribution in [1.82, 2.24) is 19.7 Å². The van der Waals surface area contributed by atoms with Crippen LogP contribution in [0.3, 0.4) is 0 Å². The fourth-order valence-corrected chi connectivity index (χ4v) is 7.00. The Bertz CT molecular complexity index is 1220. The summed E-state index contributed by atoms with van der Waals surface area (Å²) in [6, 6.07) is 8.41. The molecule has 3 heterocycles. The van der Waals surface area contributed by atoms with Gasteiger partial charge in [0.05, 0.1) is 5.69 Å². The average molecular weight is 465 g/mol. The van der Waals surface area contributed by atoms with Crippen molar-refractivity contribution >= 4 is 34.4 Å². The van der Waals surface area contributed by atoms with E-state index in [1.807, 2.05) is 17.4 Å². The van der Waals surface area contributed by atoms with Gasteiger partial charge in [0, 0.05) is 39.1 Å². The summed E-state index contributed by atoms with van der Waals surface area (Å²) in [5.41, 5.74) is 6.29. The second-order valence-electron chi connectivity index (χ2n) is 7.71. The first-order valence-corrected chi connectivity index (χ1v) is 13.3. The Hall–Kier alpha value is -2.22. The van der Waals surface area contributed by atoms with Crippen LogP contribution in [0.2, 0.25) is 0 Å². The molecule has 0 bridgehead atoms. The Balaban J connectivity index is 1.38. The molecule has 0 fully saturated rings. The summed E-state index contributed by atoms with van der Waals surface area (Å²) in [6.45, 7) is 6.80. The van der Waals surface area contributed by atoms with Crippen LogP contribution >= 0.6 is 34.4 Å². The van der Waals surface area contributed by atoms with E-state index in [-0.39, 0.29) is 0 Å². The number of fused-ring (bicyclic) bond motifs is 1. The quantitative estimate of drug-likeness (QED) is 0.223. The van der Waals surface area contributed by atoms with E-state index < -0.39 is 0 Å². The molecule has 1 aromatic carbocycles. The van der Waals surface area contributed by atoms with E-state index in [0.717, 1.165) is 33.9 Å². The minimum Gasteiger partial charge on any atom is -0.298 e. The Kier molecular flexibility index (Phi) is 6.07. The molecule has 0 saturated carbocycles. The number of thiophene rings is 1. The molecule has 31 heavy (non-hydrogen) atoms. The first-order chi connectivity index (χ1) is 15.2. The molecule has 1 aliphatic carbocycles. The summed E-state index contributed by atoms with van der Waals surface area (Å²) in [4.78, 5) is 6.39. The van der Waals surface area contributed by atoms with Gasteiger partial charge in [0.25, 0.3) is 0 Å². The normalized spacial score (nSPS) is 13.3. The first-order valence-electron chi connectivity index (χ1n) is 10.5. The number of allylic oxidation sites excluding steroid dienone is 1. The van der Waals surface area contributed by atoms with Crippen LogP contribution in [0.4, 0.5) is 0 Å². The number of aromatic nitrogens is 4. The number of thioether (sulfide) groups is 1. The van der Waals surface area contributed by atoms with Crippen molar-refractivity contribution < 1.29 is 0 Å². The Morgan fingerprint density at radius 1 is 1.10 bits per heavy atom. The number of hydrogen-bond donors (Lipinski definition) is 0. The van der Waals surface area contributed by atoms with Gasteiger partial charge in [0.1, 0.15) is 5.01 Å². The van der Waals surface area contributed by atoms with Crippen molar-refractivity contribution in [3.8, 4) is 22.0 Å². The standard InChI is InChI=1S/C24H24N4S3/c1-3-12-28-22(20-15-29-21-11-7-6-10-19(20)21)26-27-24(28)31-14-17-13-30-23(25-17)18-9-5-4-8-16(18)2/h3-5,8-9,13,15H,1,6-7,10-12,14H2,2H3. The minimum absolute atomic E-state index is 0.709. The third kappa shape index (κ3) is 4.14. The largest absolute Gasteiger partial charge is 0.298 e. The van der Waals surface area contributed by atoms with Gasteiger partial charge >= 0.3 is 0 Å². The van der Waals surface area contributed by atoms with Crippen LogP contribution in [0.1, 0.15) is 34.5 Å². The van der Waals surface area contributed by atoms with Crippen LogP contribution in [-0.2, 0) is 25.1 Å². The molecule has 0 spiro atoms. The van der Waals surface area contributed by atoms with Crippen molar-refractivity contribution in [2.24, 2.45) is 0 Å². The summed E-state index contributed by atoms with van der Waals surface area (Å²) in [6.07, 6.45) is 6.84. The Labute approximate surface area is 195 Å². The van der Waals surface area contributed by atoms with Crippen LogP contribution in [0, 0.1) is 6.92 Å². The highest BCUT2D eigenvalue weighted by Crippen LogP contribution is 2.37. The lowest BCUT2D eigenvalue weighted by molar-refractivity contribution is 0.694. The predicted molar refractivity (Wildman–Crippen MR) is 132 cm³/mol. The highest BCUT2D eigenvalue weighted by molar-refractivity contribution is 7.98. The van der Waals surface area contributed by atoms with Crippen LogP contribution in [0.25, 0.3) is 22.0 Å². The molecule has 4 aromatic rings. The second kappa shape index (κ2) is 9.10. The monoisotopic (exact) mass is 464 g/mol. The zero-order valence-electron chi connectivity index (χ0n) is 17.5. The third-order valence-corrected chi connectivity index (χ3v) is 8.62. The van der Waals surface area contributed by atoms with Crippen LogP contribution in [0.5, 0.6) is 0 Å². The molecule has 0 aliphatic heterocycles. The Morgan fingerprint density at radius 3 is 2.84 bits per heavy atom. The van der Waals surface area contributed by atoms with Crippen molar-refractivity contribution in [1.29, 1.82) is 0 Å². The lowest BCUT2D eigenvalue weighted by Crippen LogP contribution is -2.04. The minimum atomic E-state index is 0.709. The molecular weight excluding hydrogens is 440 g/mol. The molecule has 0 saturated heterocycles. The molecular formula is C24H24N4S3. The SMILES string of the molecule is C=CCn1c(SCc2csc(-c3ccccc3C)n2)nnc1-c1csc2c1CCCC2. The maximum absolute atomic E-state index is 4.87. The van der Waals surface area contributed by atoms with Gasteiger partial charge in [-0.05, 0) is 43.7 Å². The summed E-state index contributed by atoms with van der Waals surface area (Å²) >= 11 is 5.27. The van der Waals surface area contributed by atoms with Gasteiger partial charge in [-0.15, -0.1) is 39.4 Å². The van der Waals surface area contributed by atoms with Crippen LogP contribution in [-0.4, -0.2) is 19.7 Å². The number of nitrogens with zero attached hydrogens (tertiary/aromatic N) is 4. The van der Waals surface area contributed by atoms with Gasteiger partial charge in [0.2, 0.25) is 0 Å². The molecule has 0 unspecified atom stereocenters. The van der Waals surface area contributed by atoms with Gasteiger partial charge in [-0.3, -0.25) is 4.57 Å². The van der Waals surface area contributed by atoms with Gasteiger partial charge in [-0.25, -0.2) is 4.98 Å². The van der Waals surface area contributed by atoms with E-state index in [1.165, 1.54) is 46.4 Å². The zero-order valence-corrected chi connectivity index (χ0v) is 20.0. The smallest absolute Gasteiger partial charge is 0.192 e. The van der Waals surface area contributed by atoms with Gasteiger partial charge < -0.3 is 0 Å². The summed E-state index contributed by atoms with van der Waals surface area (Å²) < 4.78 is 2.20. The van der Waals surface area contributed by atoms with Gasteiger partial charge in [0.15, 0.2) is 11.0 Å². The van der Waals surface area contributed by atoms with Crippen molar-refractivity contribution in [3.05, 3.63) is 69.4 Å². The second-order valence-corrected chi connectivity index (χ2v) is 10.5. The summed E-state index contributed by atoms with van der Waals surface area (Å²) in [5.74, 6) is 1.75. The average Bonchev–Trinajstić information content (AvgIpc) is 3.51. The maximum Gasteiger partial charge on any atom is 0.192 e. The summed E-state index contributed by atoms with van der Waals surface area (Å²) in [7, 11) is 0. The van der Waals surface area contributed by atoms with Crippen molar-refractivity contribution in [2.45, 2.75) is 50.1 Å². The molecule has 3 aromatic heterocycles. The predicted octanol–water partition coefficient (Wildman–Crippen LogP) is 6.80. The van der Waals surface area contributed by atoms with E-state index in [0.29, 0.717) is 6.54 Å². The highest BCUT2D eigenvalue weighted by atomic mass is 32.2. The molecule has 158 valence electrons. The van der Waals surface area contributed by atoms with E-state index in [4.69, 9.17) is 4.98 Å². The molecule has 0 amide bonds. The maximum atomic E-state index is 4.87. The van der Waals surface area contributed by atoms with E-state index in [1.54, 1.807) is 23.1 Å². The lowest BCUT2D eigenvalue weighted by atomic mass is 9.95. The molecule has 0 radical (unpaired) electrons. The van der Waals surface area contributed by atoms with Gasteiger partial charge in [-0.2, -0.15) is 0 Å². The highest BCUT2D eigenvalue weighted by Gasteiger charge is 2.22. The zero-order chi connectivity index (χ0) is 21.2. The third-order valence-electron chi connectivity index (χ3n) is 5.61. The molecule has 7 heteroatoms. The number of benzene rings is 1. The van der Waals surface area contributed by atoms with E-state index in [2.05, 4.69) is 63.3 Å². The number of rotatable bonds is 7. The Morgan fingerprint density at radius 2 is 1.97 bits per heavy atom. The number of hydrogen-bond acceptors (Lipinski definition) is 6. The fraction of sp³-hybridized carbons (Fsp3) is 0.292. The van der Waals surface area contributed by atoms with Crippen molar-refractivity contribution in [2.75, 3.05) is 0 Å². The first kappa shape index (κ1) is 20.7. The van der Waals surface area contributed by atoms with Crippen molar-refractivity contribution in [3.63, 3.8) is 0 Å². The number of thiazole rings is 1. The molecule has 0 N–H and O–H groups in total. The number of aryl methyl sites for hydroxylation is 2. The van der Waals surface area contributed by atoms with Crippen LogP contribution < -0.4 is 0 Å². The van der Waals surface area contributed by atoms with Crippen LogP contribution in [0.15, 0.2) is 52.8 Å². The molecule has 4 nitrogen and oxygen atoms in total. The van der Waals surface area contributed by atoms with Gasteiger partial charge in [-0.1, -0.05) is 42.1 Å². The molecule has 1 aliphatic rings. The van der Waals surface area contributed by atoms with E-state index in [9.17, 15) is 0 Å². The summed E-state index contributed by atoms with van der Waals surface area (Å²) in [5, 5.41) is 15.6.